The number of hydrogen-bond acceptors (Lipinski definition) is 5. The fourth-order valence-electron chi connectivity index (χ4n) is 6.14. The van der Waals surface area contributed by atoms with Crippen LogP contribution in [0.5, 0.6) is 0 Å². The molecular formula is C22H36N4O. The van der Waals surface area contributed by atoms with Gasteiger partial charge < -0.3 is 20.7 Å². The number of aryl methyl sites for hydroxylation is 1. The van der Waals surface area contributed by atoms with Gasteiger partial charge in [0.1, 0.15) is 5.82 Å². The molecule has 3 fully saturated rings. The summed E-state index contributed by atoms with van der Waals surface area (Å²) < 4.78 is 5.46. The number of anilines is 2. The Bertz CT molecular complexity index is 656. The van der Waals surface area contributed by atoms with E-state index in [2.05, 4.69) is 43.1 Å². The molecule has 3 N–H and O–H groups in total. The third kappa shape index (κ3) is 3.81. The second kappa shape index (κ2) is 7.59. The molecule has 5 heteroatoms. The van der Waals surface area contributed by atoms with Gasteiger partial charge in [0.25, 0.3) is 0 Å². The summed E-state index contributed by atoms with van der Waals surface area (Å²) in [6.07, 6.45) is 5.17. The molecule has 5 nitrogen and oxygen atoms in total. The van der Waals surface area contributed by atoms with Gasteiger partial charge in [-0.3, -0.25) is 0 Å². The summed E-state index contributed by atoms with van der Waals surface area (Å²) in [7, 11) is 0. The molecule has 0 aromatic carbocycles. The molecule has 2 saturated carbocycles. The van der Waals surface area contributed by atoms with Crippen molar-refractivity contribution >= 4 is 11.5 Å². The van der Waals surface area contributed by atoms with Gasteiger partial charge in [0, 0.05) is 19.1 Å². The first-order chi connectivity index (χ1) is 13.0. The maximum Gasteiger partial charge on any atom is 0.129 e. The van der Waals surface area contributed by atoms with Gasteiger partial charge in [-0.15, -0.1) is 0 Å². The van der Waals surface area contributed by atoms with Gasteiger partial charge in [-0.05, 0) is 74.5 Å². The van der Waals surface area contributed by atoms with Crippen molar-refractivity contribution in [2.24, 2.45) is 28.9 Å². The first-order valence-corrected chi connectivity index (χ1v) is 10.8. The number of hydrogen-bond donors (Lipinski definition) is 2. The molecule has 1 aliphatic heterocycles. The predicted molar refractivity (Wildman–Crippen MR) is 111 cm³/mol. The molecule has 150 valence electrons. The molecule has 3 aliphatic rings. The van der Waals surface area contributed by atoms with Gasteiger partial charge >= 0.3 is 0 Å². The van der Waals surface area contributed by atoms with Gasteiger partial charge in [-0.2, -0.15) is 0 Å². The molecule has 5 atom stereocenters. The van der Waals surface area contributed by atoms with Crippen LogP contribution in [0.4, 0.5) is 11.5 Å². The van der Waals surface area contributed by atoms with Crippen LogP contribution in [0.3, 0.4) is 0 Å². The number of rotatable bonds is 4. The van der Waals surface area contributed by atoms with Gasteiger partial charge in [0.15, 0.2) is 0 Å². The van der Waals surface area contributed by atoms with Crippen molar-refractivity contribution in [2.75, 3.05) is 43.1 Å². The Morgan fingerprint density at radius 1 is 1.22 bits per heavy atom. The van der Waals surface area contributed by atoms with E-state index in [4.69, 9.17) is 15.5 Å². The summed E-state index contributed by atoms with van der Waals surface area (Å²) in [5, 5.41) is 3.90. The van der Waals surface area contributed by atoms with Crippen LogP contribution in [0.25, 0.3) is 0 Å². The van der Waals surface area contributed by atoms with Crippen LogP contribution in [0, 0.1) is 30.1 Å². The molecule has 27 heavy (non-hydrogen) atoms. The average molecular weight is 373 g/mol. The normalized spacial score (nSPS) is 36.5. The Balaban J connectivity index is 1.50. The highest BCUT2D eigenvalue weighted by Gasteiger charge is 2.48. The largest absolute Gasteiger partial charge is 0.380 e. The predicted octanol–water partition coefficient (Wildman–Crippen LogP) is 3.43. The van der Waals surface area contributed by atoms with Crippen LogP contribution in [-0.4, -0.2) is 43.9 Å². The van der Waals surface area contributed by atoms with Gasteiger partial charge in [-0.1, -0.05) is 13.8 Å². The summed E-state index contributed by atoms with van der Waals surface area (Å²) in [5.41, 5.74) is 8.92. The summed E-state index contributed by atoms with van der Waals surface area (Å²) in [4.78, 5) is 7.22. The fraction of sp³-hybridized carbons (Fsp3) is 0.773. The summed E-state index contributed by atoms with van der Waals surface area (Å²) >= 11 is 0. The average Bonchev–Trinajstić information content (AvgIpc) is 2.66. The Morgan fingerprint density at radius 2 is 2.00 bits per heavy atom. The van der Waals surface area contributed by atoms with Crippen LogP contribution < -0.4 is 16.0 Å². The van der Waals surface area contributed by atoms with E-state index in [1.807, 2.05) is 0 Å². The van der Waals surface area contributed by atoms with E-state index in [0.717, 1.165) is 56.2 Å². The molecule has 4 rings (SSSR count). The van der Waals surface area contributed by atoms with Crippen LogP contribution in [0.2, 0.25) is 0 Å². The topological polar surface area (TPSA) is 63.4 Å². The second-order valence-corrected chi connectivity index (χ2v) is 9.47. The first-order valence-electron chi connectivity index (χ1n) is 10.8. The third-order valence-electron chi connectivity index (χ3n) is 7.22. The molecule has 2 aliphatic carbocycles. The Kier molecular flexibility index (Phi) is 5.34. The zero-order valence-electron chi connectivity index (χ0n) is 17.2. The first kappa shape index (κ1) is 19.0. The van der Waals surface area contributed by atoms with Gasteiger partial charge in [0.2, 0.25) is 0 Å². The van der Waals surface area contributed by atoms with E-state index in [1.165, 1.54) is 31.4 Å². The lowest BCUT2D eigenvalue weighted by atomic mass is 9.55. The molecule has 2 heterocycles. The van der Waals surface area contributed by atoms with Crippen LogP contribution >= 0.6 is 0 Å². The lowest BCUT2D eigenvalue weighted by Gasteiger charge is -2.53. The third-order valence-corrected chi connectivity index (χ3v) is 7.22. The van der Waals surface area contributed by atoms with E-state index in [9.17, 15) is 0 Å². The zero-order valence-corrected chi connectivity index (χ0v) is 17.2. The number of ether oxygens (including phenoxy) is 1. The minimum atomic E-state index is 0.382. The summed E-state index contributed by atoms with van der Waals surface area (Å²) in [6.45, 7) is 11.3. The van der Waals surface area contributed by atoms with Crippen LogP contribution in [0.15, 0.2) is 12.1 Å². The molecule has 1 aromatic rings. The second-order valence-electron chi connectivity index (χ2n) is 9.47. The van der Waals surface area contributed by atoms with Crippen molar-refractivity contribution in [2.45, 2.75) is 52.5 Å². The van der Waals surface area contributed by atoms with Crippen molar-refractivity contribution in [3.05, 3.63) is 17.8 Å². The summed E-state index contributed by atoms with van der Waals surface area (Å²) in [6, 6.07) is 4.93. The Labute approximate surface area is 164 Å². The lowest BCUT2D eigenvalue weighted by Crippen LogP contribution is -2.52. The van der Waals surface area contributed by atoms with Gasteiger partial charge in [0.05, 0.1) is 24.6 Å². The highest BCUT2D eigenvalue weighted by Crippen LogP contribution is 2.52. The van der Waals surface area contributed by atoms with Gasteiger partial charge in [-0.25, -0.2) is 4.98 Å². The monoisotopic (exact) mass is 372 g/mol. The number of nitrogens with zero attached hydrogens (tertiary/aromatic N) is 2. The highest BCUT2D eigenvalue weighted by atomic mass is 16.5. The van der Waals surface area contributed by atoms with E-state index < -0.39 is 0 Å². The maximum atomic E-state index is 6.23. The van der Waals surface area contributed by atoms with Crippen molar-refractivity contribution in [3.8, 4) is 0 Å². The van der Waals surface area contributed by atoms with Crippen LogP contribution in [0.1, 0.15) is 45.2 Å². The number of morpholine rings is 1. The smallest absolute Gasteiger partial charge is 0.129 e. The van der Waals surface area contributed by atoms with Crippen molar-refractivity contribution in [1.82, 2.24) is 4.98 Å². The standard InChI is InChI=1S/C22H36N4O/c1-15-10-18-13-22(11-15,14-23)12-16(2)21(18)25-19-4-5-20(24-17(19)3)26-6-8-27-9-7-26/h4-5,15-16,18,21,25H,6-14,23H2,1-3H3. The molecule has 5 unspecified atom stereocenters. The van der Waals surface area contributed by atoms with Crippen molar-refractivity contribution in [1.29, 1.82) is 0 Å². The number of fused-ring (bicyclic) bond motifs is 2. The minimum Gasteiger partial charge on any atom is -0.380 e. The molecule has 1 aromatic heterocycles. The molecule has 1 saturated heterocycles. The Hall–Kier alpha value is -1.33. The minimum absolute atomic E-state index is 0.382. The van der Waals surface area contributed by atoms with E-state index in [0.29, 0.717) is 17.4 Å². The SMILES string of the molecule is Cc1nc(N2CCOCC2)ccc1NC1C(C)CC2(CN)CC(C)CC1C2. The molecular weight excluding hydrogens is 336 g/mol. The van der Waals surface area contributed by atoms with E-state index in [-0.39, 0.29) is 0 Å². The van der Waals surface area contributed by atoms with E-state index >= 15 is 0 Å². The Morgan fingerprint density at radius 3 is 2.70 bits per heavy atom. The number of pyridine rings is 1. The quantitative estimate of drug-likeness (QED) is 0.848. The number of aromatic nitrogens is 1. The summed E-state index contributed by atoms with van der Waals surface area (Å²) in [5.74, 6) is 3.23. The van der Waals surface area contributed by atoms with E-state index in [1.54, 1.807) is 0 Å². The molecule has 0 spiro atoms. The molecule has 2 bridgehead atoms. The molecule has 0 amide bonds. The number of nitrogens with two attached hydrogens (primary N) is 1. The zero-order chi connectivity index (χ0) is 19.0. The highest BCUT2D eigenvalue weighted by molar-refractivity contribution is 5.54. The van der Waals surface area contributed by atoms with Crippen molar-refractivity contribution in [3.63, 3.8) is 0 Å². The maximum absolute atomic E-state index is 6.23. The molecule has 0 radical (unpaired) electrons. The fourth-order valence-corrected chi connectivity index (χ4v) is 6.14. The number of nitrogens with one attached hydrogen (secondary N) is 1. The van der Waals surface area contributed by atoms with Crippen molar-refractivity contribution < 1.29 is 4.74 Å². The lowest BCUT2D eigenvalue weighted by molar-refractivity contribution is 0.0155. The van der Waals surface area contributed by atoms with Crippen LogP contribution in [-0.2, 0) is 4.74 Å².